The van der Waals surface area contributed by atoms with Gasteiger partial charge in [0.1, 0.15) is 5.60 Å². The second-order valence-corrected chi connectivity index (χ2v) is 22.3. The molecule has 0 bridgehead atoms. The quantitative estimate of drug-likeness (QED) is 0.313. The number of terminal acetylenes is 1. The Balaban J connectivity index is 1.53. The molecule has 4 aliphatic carbocycles. The molecule has 1 unspecified atom stereocenters. The summed E-state index contributed by atoms with van der Waals surface area (Å²) in [7, 11) is -3.15. The Kier molecular flexibility index (Phi) is 6.43. The Morgan fingerprint density at radius 3 is 2.16 bits per heavy atom. The third-order valence-electron chi connectivity index (χ3n) is 9.59. The van der Waals surface area contributed by atoms with Crippen molar-refractivity contribution in [2.75, 3.05) is 0 Å². The van der Waals surface area contributed by atoms with E-state index in [-0.39, 0.29) is 11.0 Å². The van der Waals surface area contributed by atoms with Crippen LogP contribution in [0.15, 0.2) is 0 Å². The topological polar surface area (TPSA) is 18.5 Å². The molecule has 0 aliphatic heterocycles. The Labute approximate surface area is 194 Å². The highest BCUT2D eigenvalue weighted by Crippen LogP contribution is 2.67. The van der Waals surface area contributed by atoms with Crippen LogP contribution in [0.4, 0.5) is 0 Å². The maximum absolute atomic E-state index is 6.94. The van der Waals surface area contributed by atoms with E-state index in [9.17, 15) is 0 Å². The van der Waals surface area contributed by atoms with Crippen LogP contribution in [0, 0.1) is 47.3 Å². The molecule has 176 valence electrons. The van der Waals surface area contributed by atoms with E-state index in [1.165, 1.54) is 57.8 Å². The second-order valence-electron chi connectivity index (χ2n) is 13.4. The molecule has 4 rings (SSSR count). The van der Waals surface area contributed by atoms with Crippen LogP contribution < -0.4 is 0 Å². The molecule has 0 amide bonds. The van der Waals surface area contributed by atoms with Gasteiger partial charge in [0, 0.05) is 11.5 Å². The van der Waals surface area contributed by atoms with Crippen molar-refractivity contribution in [1.29, 1.82) is 0 Å². The minimum absolute atomic E-state index is 0.216. The maximum Gasteiger partial charge on any atom is 0.185 e. The van der Waals surface area contributed by atoms with E-state index >= 15 is 0 Å². The van der Waals surface area contributed by atoms with Gasteiger partial charge >= 0.3 is 0 Å². The number of hydrogen-bond acceptors (Lipinski definition) is 2. The summed E-state index contributed by atoms with van der Waals surface area (Å²) >= 11 is 0. The molecule has 0 heterocycles. The SMILES string of the molecule is C#CC1(O[Si](C)(C)C)CC[C@H]2[C@@H]3CC[C@@H]4C[C@H](O[Si](C)(C)C)CC[C@@H]4[C@H]3CC[C@@]21CC. The zero-order valence-corrected chi connectivity index (χ0v) is 23.4. The van der Waals surface area contributed by atoms with E-state index < -0.39 is 16.6 Å². The Morgan fingerprint density at radius 2 is 1.55 bits per heavy atom. The highest BCUT2D eigenvalue weighted by Gasteiger charge is 2.65. The van der Waals surface area contributed by atoms with Crippen molar-refractivity contribution in [1.82, 2.24) is 0 Å². The van der Waals surface area contributed by atoms with Gasteiger partial charge in [0.25, 0.3) is 0 Å². The normalized spacial score (nSPS) is 45.4. The number of hydrogen-bond donors (Lipinski definition) is 0. The van der Waals surface area contributed by atoms with Crippen LogP contribution in [-0.2, 0) is 8.85 Å². The molecular weight excluding hydrogens is 412 g/mol. The van der Waals surface area contributed by atoms with Crippen LogP contribution >= 0.6 is 0 Å². The fourth-order valence-electron chi connectivity index (χ4n) is 8.88. The predicted octanol–water partition coefficient (Wildman–Crippen LogP) is 7.47. The first-order valence-electron chi connectivity index (χ1n) is 13.3. The molecule has 0 aromatic heterocycles. The summed E-state index contributed by atoms with van der Waals surface area (Å²) < 4.78 is 13.5. The van der Waals surface area contributed by atoms with Crippen LogP contribution in [0.5, 0.6) is 0 Å². The summed E-state index contributed by atoms with van der Waals surface area (Å²) in [6, 6.07) is 0. The van der Waals surface area contributed by atoms with E-state index in [0.717, 1.165) is 36.0 Å². The maximum atomic E-state index is 6.94. The lowest BCUT2D eigenvalue weighted by Gasteiger charge is -2.59. The van der Waals surface area contributed by atoms with Crippen molar-refractivity contribution in [3.05, 3.63) is 0 Å². The molecule has 0 aromatic rings. The van der Waals surface area contributed by atoms with E-state index in [4.69, 9.17) is 15.3 Å². The molecule has 4 heteroatoms. The van der Waals surface area contributed by atoms with Gasteiger partial charge in [-0.2, -0.15) is 0 Å². The molecule has 31 heavy (non-hydrogen) atoms. The fourth-order valence-corrected chi connectivity index (χ4v) is 11.5. The van der Waals surface area contributed by atoms with Crippen molar-refractivity contribution in [3.8, 4) is 12.3 Å². The number of rotatable bonds is 5. The van der Waals surface area contributed by atoms with Crippen molar-refractivity contribution < 1.29 is 8.85 Å². The average molecular weight is 461 g/mol. The summed E-state index contributed by atoms with van der Waals surface area (Å²) in [5.74, 6) is 7.73. The minimum Gasteiger partial charge on any atom is -0.415 e. The largest absolute Gasteiger partial charge is 0.415 e. The summed E-state index contributed by atoms with van der Waals surface area (Å²) in [4.78, 5) is 0. The van der Waals surface area contributed by atoms with Crippen molar-refractivity contribution >= 4 is 16.6 Å². The van der Waals surface area contributed by atoms with Crippen LogP contribution in [0.25, 0.3) is 0 Å². The summed E-state index contributed by atoms with van der Waals surface area (Å²) in [6.45, 7) is 16.4. The van der Waals surface area contributed by atoms with Gasteiger partial charge in [0.05, 0.1) is 0 Å². The van der Waals surface area contributed by atoms with Crippen LogP contribution in [0.2, 0.25) is 39.3 Å². The van der Waals surface area contributed by atoms with Crippen LogP contribution in [0.1, 0.15) is 71.1 Å². The van der Waals surface area contributed by atoms with E-state index in [0.29, 0.717) is 6.10 Å². The Bertz CT molecular complexity index is 701. The molecule has 0 N–H and O–H groups in total. The van der Waals surface area contributed by atoms with Crippen molar-refractivity contribution in [3.63, 3.8) is 0 Å². The summed E-state index contributed by atoms with van der Waals surface area (Å²) in [6.07, 6.45) is 20.0. The van der Waals surface area contributed by atoms with Gasteiger partial charge in [-0.1, -0.05) is 12.8 Å². The summed E-state index contributed by atoms with van der Waals surface area (Å²) in [5.41, 5.74) is -0.0876. The van der Waals surface area contributed by atoms with Gasteiger partial charge in [-0.15, -0.1) is 6.42 Å². The molecule has 0 spiro atoms. The molecule has 2 nitrogen and oxygen atoms in total. The lowest BCUT2D eigenvalue weighted by atomic mass is 9.48. The van der Waals surface area contributed by atoms with Crippen LogP contribution in [0.3, 0.4) is 0 Å². The van der Waals surface area contributed by atoms with E-state index in [1.54, 1.807) is 0 Å². The van der Waals surface area contributed by atoms with E-state index in [1.807, 2.05) is 0 Å². The highest BCUT2D eigenvalue weighted by atomic mass is 28.4. The zero-order chi connectivity index (χ0) is 22.7. The Hall–Kier alpha value is -0.0862. The molecule has 8 atom stereocenters. The van der Waals surface area contributed by atoms with Gasteiger partial charge in [0.2, 0.25) is 0 Å². The number of fused-ring (bicyclic) bond motifs is 5. The fraction of sp³-hybridized carbons (Fsp3) is 0.926. The van der Waals surface area contributed by atoms with Gasteiger partial charge in [-0.05, 0) is 133 Å². The standard InChI is InChI=1S/C27H48O2Si2/c1-9-26-17-15-23-22-14-12-21(28-30(3,4)5)19-20(22)11-13-24(23)25(26)16-18-27(26,10-2)29-31(6,7)8/h2,20-25H,9,11-19H2,1,3-8H3/t20-,21-,22+,23-,24-,25+,26+,27?/m1/s1. The third kappa shape index (κ3) is 4.27. The minimum atomic E-state index is -1.71. The molecule has 0 radical (unpaired) electrons. The lowest BCUT2D eigenvalue weighted by molar-refractivity contribution is -0.115. The molecule has 0 saturated heterocycles. The average Bonchev–Trinajstić information content (AvgIpc) is 2.99. The molecule has 4 fully saturated rings. The lowest BCUT2D eigenvalue weighted by Crippen LogP contribution is -2.57. The Morgan fingerprint density at radius 1 is 0.839 bits per heavy atom. The smallest absolute Gasteiger partial charge is 0.185 e. The molecule has 0 aromatic carbocycles. The highest BCUT2D eigenvalue weighted by molar-refractivity contribution is 6.70. The molecular formula is C27H48O2Si2. The molecule has 4 saturated carbocycles. The first-order valence-corrected chi connectivity index (χ1v) is 20.1. The second kappa shape index (κ2) is 8.29. The van der Waals surface area contributed by atoms with Crippen molar-refractivity contribution in [2.45, 2.75) is 122 Å². The van der Waals surface area contributed by atoms with Gasteiger partial charge in [-0.3, -0.25) is 0 Å². The first kappa shape index (κ1) is 24.1. The van der Waals surface area contributed by atoms with E-state index in [2.05, 4.69) is 52.1 Å². The first-order chi connectivity index (χ1) is 14.4. The molecule has 4 aliphatic rings. The summed E-state index contributed by atoms with van der Waals surface area (Å²) in [5, 5.41) is 0. The van der Waals surface area contributed by atoms with Gasteiger partial charge < -0.3 is 8.85 Å². The van der Waals surface area contributed by atoms with Gasteiger partial charge in [-0.25, -0.2) is 0 Å². The van der Waals surface area contributed by atoms with Crippen molar-refractivity contribution in [2.24, 2.45) is 35.0 Å². The zero-order valence-electron chi connectivity index (χ0n) is 21.4. The predicted molar refractivity (Wildman–Crippen MR) is 136 cm³/mol. The van der Waals surface area contributed by atoms with Gasteiger partial charge in [0.15, 0.2) is 16.6 Å². The third-order valence-corrected chi connectivity index (χ3v) is 11.6. The monoisotopic (exact) mass is 460 g/mol. The van der Waals surface area contributed by atoms with Crippen LogP contribution in [-0.4, -0.2) is 28.3 Å².